The molecule has 1 aromatic carbocycles. The number of hydrogen-bond donors (Lipinski definition) is 1. The van der Waals surface area contributed by atoms with Crippen molar-refractivity contribution < 1.29 is 4.79 Å². The van der Waals surface area contributed by atoms with Crippen LogP contribution in [-0.4, -0.2) is 30.4 Å². The van der Waals surface area contributed by atoms with E-state index in [0.717, 1.165) is 43.7 Å². The summed E-state index contributed by atoms with van der Waals surface area (Å²) < 4.78 is 0. The summed E-state index contributed by atoms with van der Waals surface area (Å²) >= 11 is 6.09. The van der Waals surface area contributed by atoms with Crippen molar-refractivity contribution in [1.29, 1.82) is 0 Å². The van der Waals surface area contributed by atoms with Gasteiger partial charge in [0.1, 0.15) is 0 Å². The zero-order chi connectivity index (χ0) is 15.0. The van der Waals surface area contributed by atoms with Gasteiger partial charge in [0, 0.05) is 6.42 Å². The van der Waals surface area contributed by atoms with Gasteiger partial charge in [0.2, 0.25) is 5.91 Å². The third-order valence-corrected chi connectivity index (χ3v) is 3.82. The van der Waals surface area contributed by atoms with Crippen LogP contribution in [0.4, 0.5) is 5.69 Å². The number of carbonyl (C=O) groups excluding carboxylic acids is 1. The Labute approximate surface area is 139 Å². The molecule has 0 saturated heterocycles. The number of hydrogen-bond acceptors (Lipinski definition) is 2. The average Bonchev–Trinajstić information content (AvgIpc) is 2.43. The molecule has 0 aromatic heterocycles. The number of unbranched alkanes of at least 4 members (excludes halogenated alkanes) is 1. The first kappa shape index (κ1) is 20.2. The van der Waals surface area contributed by atoms with E-state index in [1.807, 2.05) is 19.1 Å². The molecule has 21 heavy (non-hydrogen) atoms. The van der Waals surface area contributed by atoms with Crippen molar-refractivity contribution in [1.82, 2.24) is 4.90 Å². The summed E-state index contributed by atoms with van der Waals surface area (Å²) in [6.07, 6.45) is 2.51. The second-order valence-corrected chi connectivity index (χ2v) is 5.37. The Bertz CT molecular complexity index is 414. The quantitative estimate of drug-likeness (QED) is 0.709. The minimum Gasteiger partial charge on any atom is -0.325 e. The van der Waals surface area contributed by atoms with Gasteiger partial charge < -0.3 is 10.2 Å². The van der Waals surface area contributed by atoms with Gasteiger partial charge in [-0.1, -0.05) is 37.6 Å². The van der Waals surface area contributed by atoms with Crippen LogP contribution in [0.5, 0.6) is 0 Å². The molecule has 0 aliphatic heterocycles. The van der Waals surface area contributed by atoms with Crippen molar-refractivity contribution in [2.75, 3.05) is 25.0 Å². The largest absolute Gasteiger partial charge is 0.325 e. The zero-order valence-corrected chi connectivity index (χ0v) is 14.7. The molecule has 0 radical (unpaired) electrons. The fraction of sp³-hybridized carbons (Fsp3) is 0.562. The Morgan fingerprint density at radius 3 is 2.48 bits per heavy atom. The van der Waals surface area contributed by atoms with Crippen molar-refractivity contribution in [3.8, 4) is 0 Å². The van der Waals surface area contributed by atoms with Crippen LogP contribution in [-0.2, 0) is 4.79 Å². The molecule has 0 heterocycles. The number of nitrogens with one attached hydrogen (secondary N) is 1. The molecule has 120 valence electrons. The van der Waals surface area contributed by atoms with Gasteiger partial charge in [0.25, 0.3) is 0 Å². The van der Waals surface area contributed by atoms with Gasteiger partial charge in [-0.05, 0) is 51.0 Å². The number of rotatable bonds is 8. The lowest BCUT2D eigenvalue weighted by Crippen LogP contribution is -2.24. The van der Waals surface area contributed by atoms with Crippen LogP contribution in [0.1, 0.15) is 38.7 Å². The molecule has 0 aliphatic rings. The monoisotopic (exact) mass is 332 g/mol. The number of carbonyl (C=O) groups is 1. The molecule has 0 atom stereocenters. The van der Waals surface area contributed by atoms with E-state index in [4.69, 9.17) is 11.6 Å². The first-order valence-electron chi connectivity index (χ1n) is 7.35. The lowest BCUT2D eigenvalue weighted by molar-refractivity contribution is -0.116. The molecule has 0 aliphatic carbocycles. The lowest BCUT2D eigenvalue weighted by Gasteiger charge is -2.17. The minimum absolute atomic E-state index is 0. The minimum atomic E-state index is 0. The highest BCUT2D eigenvalue weighted by molar-refractivity contribution is 6.33. The Balaban J connectivity index is 0.00000400. The highest BCUT2D eigenvalue weighted by atomic mass is 35.5. The molecule has 0 unspecified atom stereocenters. The van der Waals surface area contributed by atoms with E-state index in [1.54, 1.807) is 6.07 Å². The van der Waals surface area contributed by atoms with Gasteiger partial charge in [0.15, 0.2) is 0 Å². The van der Waals surface area contributed by atoms with Gasteiger partial charge in [-0.25, -0.2) is 0 Å². The zero-order valence-electron chi connectivity index (χ0n) is 13.1. The average molecular weight is 333 g/mol. The summed E-state index contributed by atoms with van der Waals surface area (Å²) in [5.74, 6) is 0.0424. The summed E-state index contributed by atoms with van der Waals surface area (Å²) in [7, 11) is 0. The van der Waals surface area contributed by atoms with Crippen LogP contribution >= 0.6 is 24.0 Å². The lowest BCUT2D eigenvalue weighted by atomic mass is 10.2. The molecule has 1 aromatic rings. The summed E-state index contributed by atoms with van der Waals surface area (Å²) in [6.45, 7) is 9.48. The molecule has 1 N–H and O–H groups in total. The molecule has 0 fully saturated rings. The molecule has 1 rings (SSSR count). The normalized spacial score (nSPS) is 10.3. The fourth-order valence-electron chi connectivity index (χ4n) is 2.15. The first-order chi connectivity index (χ1) is 9.58. The third kappa shape index (κ3) is 7.16. The number of anilines is 1. The molecule has 1 amide bonds. The number of aryl methyl sites for hydroxylation is 1. The Kier molecular flexibility index (Phi) is 10.5. The Hall–Kier alpha value is -0.770. The van der Waals surface area contributed by atoms with Crippen molar-refractivity contribution >= 4 is 35.6 Å². The van der Waals surface area contributed by atoms with Crippen molar-refractivity contribution in [2.24, 2.45) is 0 Å². The van der Waals surface area contributed by atoms with E-state index in [1.165, 1.54) is 0 Å². The van der Waals surface area contributed by atoms with Crippen LogP contribution in [0.2, 0.25) is 5.02 Å². The van der Waals surface area contributed by atoms with Gasteiger partial charge in [-0.15, -0.1) is 12.4 Å². The summed E-state index contributed by atoms with van der Waals surface area (Å²) in [6, 6.07) is 5.63. The molecule has 3 nitrogen and oxygen atoms in total. The number of nitrogens with zero attached hydrogens (tertiary/aromatic N) is 1. The number of benzene rings is 1. The van der Waals surface area contributed by atoms with Crippen LogP contribution in [0.25, 0.3) is 0 Å². The summed E-state index contributed by atoms with van der Waals surface area (Å²) in [5, 5.41) is 3.51. The van der Waals surface area contributed by atoms with E-state index in [9.17, 15) is 4.79 Å². The van der Waals surface area contributed by atoms with Gasteiger partial charge in [-0.2, -0.15) is 0 Å². The predicted octanol–water partition coefficient (Wildman–Crippen LogP) is 4.52. The maximum Gasteiger partial charge on any atom is 0.224 e. The molecule has 0 spiro atoms. The fourth-order valence-corrected chi connectivity index (χ4v) is 2.42. The molecular formula is C16H26Cl2N2O. The first-order valence-corrected chi connectivity index (χ1v) is 7.73. The SMILES string of the molecule is CCN(CC)CCCCC(=O)Nc1c(C)cccc1Cl.Cl. The summed E-state index contributed by atoms with van der Waals surface area (Å²) in [4.78, 5) is 14.3. The van der Waals surface area contributed by atoms with Crippen molar-refractivity contribution in [3.63, 3.8) is 0 Å². The maximum absolute atomic E-state index is 11.9. The summed E-state index contributed by atoms with van der Waals surface area (Å²) in [5.41, 5.74) is 1.73. The van der Waals surface area contributed by atoms with Gasteiger partial charge in [0.05, 0.1) is 10.7 Å². The van der Waals surface area contributed by atoms with E-state index in [0.29, 0.717) is 11.4 Å². The van der Waals surface area contributed by atoms with E-state index in [2.05, 4.69) is 24.1 Å². The number of para-hydroxylation sites is 1. The second kappa shape index (κ2) is 10.9. The van der Waals surface area contributed by atoms with Crippen molar-refractivity contribution in [2.45, 2.75) is 40.0 Å². The van der Waals surface area contributed by atoms with Crippen LogP contribution in [0.15, 0.2) is 18.2 Å². The van der Waals surface area contributed by atoms with Crippen molar-refractivity contribution in [3.05, 3.63) is 28.8 Å². The molecule has 0 saturated carbocycles. The second-order valence-electron chi connectivity index (χ2n) is 4.96. The topological polar surface area (TPSA) is 32.3 Å². The van der Waals surface area contributed by atoms with Crippen LogP contribution in [0.3, 0.4) is 0 Å². The smallest absolute Gasteiger partial charge is 0.224 e. The molecule has 5 heteroatoms. The highest BCUT2D eigenvalue weighted by Gasteiger charge is 2.08. The standard InChI is InChI=1S/C16H25ClN2O.ClH/c1-4-19(5-2)12-7-6-11-15(20)18-16-13(3)9-8-10-14(16)17;/h8-10H,4-7,11-12H2,1-3H3,(H,18,20);1H. The van der Waals surface area contributed by atoms with Crippen LogP contribution < -0.4 is 5.32 Å². The Morgan fingerprint density at radius 1 is 1.24 bits per heavy atom. The van der Waals surface area contributed by atoms with Gasteiger partial charge in [-0.3, -0.25) is 4.79 Å². The third-order valence-electron chi connectivity index (χ3n) is 3.51. The molecular weight excluding hydrogens is 307 g/mol. The van der Waals surface area contributed by atoms with E-state index >= 15 is 0 Å². The highest BCUT2D eigenvalue weighted by Crippen LogP contribution is 2.25. The van der Waals surface area contributed by atoms with Crippen LogP contribution in [0, 0.1) is 6.92 Å². The Morgan fingerprint density at radius 2 is 1.90 bits per heavy atom. The van der Waals surface area contributed by atoms with E-state index < -0.39 is 0 Å². The predicted molar refractivity (Wildman–Crippen MR) is 93.7 cm³/mol. The van der Waals surface area contributed by atoms with E-state index in [-0.39, 0.29) is 18.3 Å². The molecule has 0 bridgehead atoms. The number of amides is 1. The maximum atomic E-state index is 11.9. The number of halogens is 2. The van der Waals surface area contributed by atoms with Gasteiger partial charge >= 0.3 is 0 Å².